The van der Waals surface area contributed by atoms with Gasteiger partial charge in [0.1, 0.15) is 12.4 Å². The van der Waals surface area contributed by atoms with E-state index in [0.29, 0.717) is 57.6 Å². The highest BCUT2D eigenvalue weighted by Gasteiger charge is 2.32. The minimum absolute atomic E-state index is 0.155. The molecule has 0 atom stereocenters. The van der Waals surface area contributed by atoms with E-state index in [4.69, 9.17) is 21.1 Å². The summed E-state index contributed by atoms with van der Waals surface area (Å²) in [6.07, 6.45) is 1.77. The van der Waals surface area contributed by atoms with Gasteiger partial charge in [-0.2, -0.15) is 0 Å². The number of hydrogen-bond acceptors (Lipinski definition) is 5. The molecule has 186 valence electrons. The highest BCUT2D eigenvalue weighted by atomic mass is 35.5. The van der Waals surface area contributed by atoms with Gasteiger partial charge in [0.15, 0.2) is 16.7 Å². The molecule has 0 aromatic heterocycles. The molecule has 1 saturated heterocycles. The third-order valence-electron chi connectivity index (χ3n) is 5.35. The molecule has 0 bridgehead atoms. The highest BCUT2D eigenvalue weighted by Crippen LogP contribution is 2.40. The maximum Gasteiger partial charge on any atom is 0.266 e. The summed E-state index contributed by atoms with van der Waals surface area (Å²) < 4.78 is 25.1. The number of aryl methyl sites for hydroxylation is 1. The first-order valence-electron chi connectivity index (χ1n) is 11.6. The van der Waals surface area contributed by atoms with Crippen LogP contribution in [0.2, 0.25) is 5.02 Å². The van der Waals surface area contributed by atoms with E-state index in [1.807, 2.05) is 45.0 Å². The number of hydrogen-bond donors (Lipinski definition) is 0. The Balaban J connectivity index is 1.61. The van der Waals surface area contributed by atoms with Gasteiger partial charge >= 0.3 is 0 Å². The quantitative estimate of drug-likeness (QED) is 0.288. The Morgan fingerprint density at radius 1 is 1.08 bits per heavy atom. The fourth-order valence-corrected chi connectivity index (χ4v) is 5.02. The van der Waals surface area contributed by atoms with Gasteiger partial charge in [0.05, 0.1) is 22.2 Å². The molecule has 3 aromatic carbocycles. The van der Waals surface area contributed by atoms with Crippen LogP contribution in [0.5, 0.6) is 11.5 Å². The van der Waals surface area contributed by atoms with Gasteiger partial charge in [0.2, 0.25) is 0 Å². The van der Waals surface area contributed by atoms with Gasteiger partial charge in [0.25, 0.3) is 5.91 Å². The first-order chi connectivity index (χ1) is 17.4. The van der Waals surface area contributed by atoms with Gasteiger partial charge in [-0.1, -0.05) is 41.4 Å². The number of rotatable bonds is 8. The van der Waals surface area contributed by atoms with Crippen LogP contribution in [0.4, 0.5) is 10.1 Å². The summed E-state index contributed by atoms with van der Waals surface area (Å²) in [6.45, 7) is 7.04. The van der Waals surface area contributed by atoms with E-state index in [9.17, 15) is 9.18 Å². The molecule has 1 fully saturated rings. The average Bonchev–Trinajstić information content (AvgIpc) is 3.13. The Bertz CT molecular complexity index is 1320. The number of carbonyl (C=O) groups excluding carboxylic acids is 1. The van der Waals surface area contributed by atoms with Gasteiger partial charge in [-0.05, 0) is 86.1 Å². The Kier molecular flexibility index (Phi) is 8.33. The summed E-state index contributed by atoms with van der Waals surface area (Å²) in [5.41, 5.74) is 3.46. The van der Waals surface area contributed by atoms with E-state index < -0.39 is 0 Å². The van der Waals surface area contributed by atoms with Crippen molar-refractivity contribution in [2.45, 2.75) is 27.4 Å². The summed E-state index contributed by atoms with van der Waals surface area (Å²) in [5.74, 6) is 0.473. The van der Waals surface area contributed by atoms with Crippen molar-refractivity contribution in [1.82, 2.24) is 4.90 Å². The lowest BCUT2D eigenvalue weighted by Crippen LogP contribution is -2.28. The Hall–Kier alpha value is -3.29. The van der Waals surface area contributed by atoms with Crippen LogP contribution in [-0.4, -0.2) is 29.1 Å². The molecule has 8 heteroatoms. The molecule has 0 saturated carbocycles. The molecule has 0 radical (unpaired) electrons. The summed E-state index contributed by atoms with van der Waals surface area (Å²) >= 11 is 7.87. The number of amides is 1. The Morgan fingerprint density at radius 3 is 2.56 bits per heavy atom. The predicted octanol–water partition coefficient (Wildman–Crippen LogP) is 7.39. The number of thioether (sulfide) groups is 1. The molecular formula is C28H26ClFN2O3S. The predicted molar refractivity (Wildman–Crippen MR) is 145 cm³/mol. The van der Waals surface area contributed by atoms with Crippen LogP contribution in [-0.2, 0) is 11.4 Å². The number of amidine groups is 1. The fraction of sp³-hybridized carbons (Fsp3) is 0.214. The largest absolute Gasteiger partial charge is 0.490 e. The van der Waals surface area contributed by atoms with Crippen molar-refractivity contribution in [2.24, 2.45) is 4.99 Å². The summed E-state index contributed by atoms with van der Waals surface area (Å²) in [5, 5.41) is 0.929. The average molecular weight is 525 g/mol. The van der Waals surface area contributed by atoms with Gasteiger partial charge in [0, 0.05) is 6.54 Å². The van der Waals surface area contributed by atoms with Crippen LogP contribution in [0.3, 0.4) is 0 Å². The maximum atomic E-state index is 13.3. The van der Waals surface area contributed by atoms with Crippen molar-refractivity contribution in [1.29, 1.82) is 0 Å². The normalized spacial score (nSPS) is 15.7. The van der Waals surface area contributed by atoms with Crippen molar-refractivity contribution < 1.29 is 18.7 Å². The molecule has 3 aromatic rings. The fourth-order valence-electron chi connectivity index (χ4n) is 3.68. The van der Waals surface area contributed by atoms with Crippen molar-refractivity contribution in [2.75, 3.05) is 13.2 Å². The van der Waals surface area contributed by atoms with Gasteiger partial charge in [-0.15, -0.1) is 0 Å². The molecule has 0 N–H and O–H groups in total. The molecule has 1 amide bonds. The zero-order valence-electron chi connectivity index (χ0n) is 20.3. The van der Waals surface area contributed by atoms with Gasteiger partial charge < -0.3 is 9.47 Å². The van der Waals surface area contributed by atoms with E-state index in [2.05, 4.69) is 11.1 Å². The Labute approximate surface area is 219 Å². The molecule has 0 spiro atoms. The van der Waals surface area contributed by atoms with Crippen molar-refractivity contribution in [3.8, 4) is 11.5 Å². The van der Waals surface area contributed by atoms with E-state index in [0.717, 1.165) is 11.1 Å². The van der Waals surface area contributed by atoms with Gasteiger partial charge in [-0.3, -0.25) is 9.69 Å². The molecule has 4 rings (SSSR count). The Morgan fingerprint density at radius 2 is 1.86 bits per heavy atom. The lowest BCUT2D eigenvalue weighted by molar-refractivity contribution is -0.122. The van der Waals surface area contributed by atoms with Crippen molar-refractivity contribution >= 4 is 46.2 Å². The topological polar surface area (TPSA) is 51.1 Å². The van der Waals surface area contributed by atoms with Crippen LogP contribution in [0.15, 0.2) is 70.6 Å². The number of benzene rings is 3. The SMILES string of the molecule is CCOc1cc(/C=C2/SC(=Nc3ccc(F)cc3)N(CC)C2=O)cc(Cl)c1OCc1cccc(C)c1. The van der Waals surface area contributed by atoms with E-state index in [1.165, 1.54) is 23.9 Å². The molecular weight excluding hydrogens is 499 g/mol. The molecule has 1 aliphatic rings. The minimum Gasteiger partial charge on any atom is -0.490 e. The number of aliphatic imine (C=N–C) groups is 1. The molecule has 1 heterocycles. The first kappa shape index (κ1) is 25.8. The zero-order valence-corrected chi connectivity index (χ0v) is 21.8. The van der Waals surface area contributed by atoms with E-state index in [-0.39, 0.29) is 11.7 Å². The standard InChI is InChI=1S/C28H26ClFN2O3S/c1-4-32-27(33)25(36-28(32)31-22-11-9-21(30)10-12-22)16-20-14-23(29)26(24(15-20)34-5-2)35-17-19-8-6-7-18(3)13-19/h6-16H,4-5,17H2,1-3H3/b25-16+,31-28?. The zero-order chi connectivity index (χ0) is 25.7. The smallest absolute Gasteiger partial charge is 0.266 e. The van der Waals surface area contributed by atoms with E-state index >= 15 is 0 Å². The number of carbonyl (C=O) groups is 1. The maximum absolute atomic E-state index is 13.3. The third-order valence-corrected chi connectivity index (χ3v) is 6.64. The van der Waals surface area contributed by atoms with Gasteiger partial charge in [-0.25, -0.2) is 9.38 Å². The van der Waals surface area contributed by atoms with E-state index in [1.54, 1.807) is 29.2 Å². The summed E-state index contributed by atoms with van der Waals surface area (Å²) in [4.78, 5) is 19.7. The highest BCUT2D eigenvalue weighted by molar-refractivity contribution is 8.18. The minimum atomic E-state index is -0.338. The number of halogens is 2. The molecule has 0 aliphatic carbocycles. The molecule has 5 nitrogen and oxygen atoms in total. The van der Waals surface area contributed by atoms with Crippen LogP contribution < -0.4 is 9.47 Å². The second-order valence-electron chi connectivity index (χ2n) is 8.07. The van der Waals surface area contributed by atoms with Crippen LogP contribution in [0.1, 0.15) is 30.5 Å². The second-order valence-corrected chi connectivity index (χ2v) is 9.49. The van der Waals surface area contributed by atoms with Crippen LogP contribution in [0, 0.1) is 12.7 Å². The summed E-state index contributed by atoms with van der Waals surface area (Å²) in [6, 6.07) is 17.5. The monoisotopic (exact) mass is 524 g/mol. The second kappa shape index (κ2) is 11.6. The van der Waals surface area contributed by atoms with Crippen molar-refractivity contribution in [3.63, 3.8) is 0 Å². The number of nitrogens with zero attached hydrogens (tertiary/aromatic N) is 2. The molecule has 0 unspecified atom stereocenters. The molecule has 1 aliphatic heterocycles. The summed E-state index contributed by atoms with van der Waals surface area (Å²) in [7, 11) is 0. The number of likely N-dealkylation sites (N-methyl/N-ethyl adjacent to an activating group) is 1. The number of ether oxygens (including phenoxy) is 2. The van der Waals surface area contributed by atoms with Crippen LogP contribution >= 0.6 is 23.4 Å². The molecule has 36 heavy (non-hydrogen) atoms. The lowest BCUT2D eigenvalue weighted by Gasteiger charge is -2.15. The van der Waals surface area contributed by atoms with Crippen LogP contribution in [0.25, 0.3) is 6.08 Å². The lowest BCUT2D eigenvalue weighted by atomic mass is 10.1. The third kappa shape index (κ3) is 6.09. The first-order valence-corrected chi connectivity index (χ1v) is 12.8. The van der Waals surface area contributed by atoms with Crippen molar-refractivity contribution in [3.05, 3.63) is 93.1 Å².